The van der Waals surface area contributed by atoms with Gasteiger partial charge in [0, 0.05) is 18.8 Å². The van der Waals surface area contributed by atoms with E-state index in [0.717, 1.165) is 17.9 Å². The Balaban J connectivity index is 1.69. The summed E-state index contributed by atoms with van der Waals surface area (Å²) in [6.07, 6.45) is 1.82. The minimum Gasteiger partial charge on any atom is -0.497 e. The van der Waals surface area contributed by atoms with Crippen LogP contribution in [0, 0.1) is 23.7 Å². The second-order valence-corrected chi connectivity index (χ2v) is 10.9. The summed E-state index contributed by atoms with van der Waals surface area (Å²) in [5.41, 5.74) is 0.338. The van der Waals surface area contributed by atoms with Crippen LogP contribution in [0.2, 0.25) is 0 Å². The second-order valence-electron chi connectivity index (χ2n) is 10.9. The zero-order valence-corrected chi connectivity index (χ0v) is 22.0. The number of piperidine rings is 1. The SMILES string of the molecule is COc1ccc(N2CNC(=O)C23CCN(C(=O)OC(C(C)C)C(CC(C)C)C(C)C)CC3)cc1. The smallest absolute Gasteiger partial charge is 0.410 e. The van der Waals surface area contributed by atoms with Crippen LogP contribution in [0.5, 0.6) is 5.75 Å². The molecule has 1 spiro atoms. The van der Waals surface area contributed by atoms with E-state index >= 15 is 0 Å². The van der Waals surface area contributed by atoms with Gasteiger partial charge in [-0.3, -0.25) is 4.79 Å². The molecule has 34 heavy (non-hydrogen) atoms. The predicted octanol–water partition coefficient (Wildman–Crippen LogP) is 4.90. The van der Waals surface area contributed by atoms with Crippen LogP contribution < -0.4 is 15.0 Å². The molecule has 0 bridgehead atoms. The highest BCUT2D eigenvalue weighted by Gasteiger charge is 2.51. The van der Waals surface area contributed by atoms with E-state index < -0.39 is 5.54 Å². The first kappa shape index (κ1) is 26.2. The molecule has 0 saturated carbocycles. The van der Waals surface area contributed by atoms with Crippen molar-refractivity contribution in [1.82, 2.24) is 10.2 Å². The maximum atomic E-state index is 13.2. The maximum absolute atomic E-state index is 13.2. The molecule has 2 amide bonds. The third-order valence-corrected chi connectivity index (χ3v) is 7.49. The monoisotopic (exact) mass is 473 g/mol. The number of amides is 2. The molecular formula is C27H43N3O4. The number of nitrogens with one attached hydrogen (secondary N) is 1. The van der Waals surface area contributed by atoms with Crippen LogP contribution in [0.4, 0.5) is 10.5 Å². The van der Waals surface area contributed by atoms with Crippen LogP contribution >= 0.6 is 0 Å². The molecule has 2 aliphatic heterocycles. The van der Waals surface area contributed by atoms with E-state index in [1.165, 1.54) is 0 Å². The van der Waals surface area contributed by atoms with E-state index in [4.69, 9.17) is 9.47 Å². The molecule has 0 aromatic heterocycles. The van der Waals surface area contributed by atoms with Gasteiger partial charge >= 0.3 is 6.09 Å². The average Bonchev–Trinajstić information content (AvgIpc) is 3.11. The number of hydrogen-bond donors (Lipinski definition) is 1. The quantitative estimate of drug-likeness (QED) is 0.581. The molecule has 190 valence electrons. The summed E-state index contributed by atoms with van der Waals surface area (Å²) < 4.78 is 11.4. The highest BCUT2D eigenvalue weighted by atomic mass is 16.6. The number of rotatable bonds is 8. The van der Waals surface area contributed by atoms with Crippen molar-refractivity contribution >= 4 is 17.7 Å². The molecule has 2 unspecified atom stereocenters. The molecule has 0 aliphatic carbocycles. The summed E-state index contributed by atoms with van der Waals surface area (Å²) >= 11 is 0. The third-order valence-electron chi connectivity index (χ3n) is 7.49. The third kappa shape index (κ3) is 5.44. The van der Waals surface area contributed by atoms with E-state index in [2.05, 4.69) is 51.8 Å². The number of methoxy groups -OCH3 is 1. The lowest BCUT2D eigenvalue weighted by Crippen LogP contribution is -2.57. The van der Waals surface area contributed by atoms with Gasteiger partial charge < -0.3 is 24.6 Å². The van der Waals surface area contributed by atoms with Crippen molar-refractivity contribution in [2.24, 2.45) is 23.7 Å². The fourth-order valence-electron chi connectivity index (χ4n) is 5.48. The topological polar surface area (TPSA) is 71.1 Å². The molecule has 1 N–H and O–H groups in total. The average molecular weight is 474 g/mol. The summed E-state index contributed by atoms with van der Waals surface area (Å²) in [6.45, 7) is 14.6. The molecule has 1 aromatic rings. The standard InChI is InChI=1S/C27H43N3O4/c1-18(2)16-23(19(3)4)24(20(5)6)34-26(32)29-14-12-27(13-15-29)25(31)28-17-30(27)21-8-10-22(33-7)11-9-21/h8-11,18-20,23-24H,12-17H2,1-7H3,(H,28,31). The molecular weight excluding hydrogens is 430 g/mol. The Hall–Kier alpha value is -2.44. The van der Waals surface area contributed by atoms with Crippen molar-refractivity contribution in [3.63, 3.8) is 0 Å². The van der Waals surface area contributed by atoms with Crippen molar-refractivity contribution < 1.29 is 19.1 Å². The highest BCUT2D eigenvalue weighted by molar-refractivity contribution is 5.93. The van der Waals surface area contributed by atoms with Gasteiger partial charge in [-0.05, 0) is 67.2 Å². The van der Waals surface area contributed by atoms with Gasteiger partial charge in [-0.25, -0.2) is 4.79 Å². The van der Waals surface area contributed by atoms with E-state index in [1.54, 1.807) is 12.0 Å². The number of anilines is 1. The largest absolute Gasteiger partial charge is 0.497 e. The Morgan fingerprint density at radius 3 is 2.15 bits per heavy atom. The molecule has 2 aliphatic rings. The van der Waals surface area contributed by atoms with E-state index in [9.17, 15) is 9.59 Å². The number of ether oxygens (including phenoxy) is 2. The fourth-order valence-corrected chi connectivity index (χ4v) is 5.48. The number of hydrogen-bond acceptors (Lipinski definition) is 5. The Bertz CT molecular complexity index is 829. The molecule has 7 nitrogen and oxygen atoms in total. The summed E-state index contributed by atoms with van der Waals surface area (Å²) in [5.74, 6) is 2.38. The zero-order chi connectivity index (χ0) is 25.0. The Labute approximate surface area is 205 Å². The van der Waals surface area contributed by atoms with Crippen molar-refractivity contribution in [2.45, 2.75) is 72.4 Å². The Morgan fingerprint density at radius 2 is 1.65 bits per heavy atom. The van der Waals surface area contributed by atoms with Crippen LogP contribution in [0.3, 0.4) is 0 Å². The van der Waals surface area contributed by atoms with Gasteiger partial charge in [0.1, 0.15) is 17.4 Å². The molecule has 2 saturated heterocycles. The maximum Gasteiger partial charge on any atom is 0.410 e. The number of likely N-dealkylation sites (tertiary alicyclic amines) is 1. The first-order valence-electron chi connectivity index (χ1n) is 12.7. The second kappa shape index (κ2) is 10.9. The highest BCUT2D eigenvalue weighted by Crippen LogP contribution is 2.37. The van der Waals surface area contributed by atoms with Gasteiger partial charge in [-0.15, -0.1) is 0 Å². The molecule has 7 heteroatoms. The normalized spacial score (nSPS) is 19.6. The lowest BCUT2D eigenvalue weighted by molar-refractivity contribution is -0.125. The van der Waals surface area contributed by atoms with Gasteiger partial charge in [0.15, 0.2) is 0 Å². The van der Waals surface area contributed by atoms with Crippen LogP contribution in [0.25, 0.3) is 0 Å². The van der Waals surface area contributed by atoms with Crippen molar-refractivity contribution in [2.75, 3.05) is 31.8 Å². The zero-order valence-electron chi connectivity index (χ0n) is 22.0. The molecule has 0 radical (unpaired) electrons. The number of nitrogens with zero attached hydrogens (tertiary/aromatic N) is 2. The van der Waals surface area contributed by atoms with Gasteiger partial charge in [-0.1, -0.05) is 41.5 Å². The summed E-state index contributed by atoms with van der Waals surface area (Å²) in [4.78, 5) is 30.1. The minimum atomic E-state index is -0.638. The van der Waals surface area contributed by atoms with Crippen molar-refractivity contribution in [1.29, 1.82) is 0 Å². The lowest BCUT2D eigenvalue weighted by Gasteiger charge is -2.43. The Morgan fingerprint density at radius 1 is 1.03 bits per heavy atom. The van der Waals surface area contributed by atoms with Gasteiger partial charge in [0.05, 0.1) is 13.8 Å². The van der Waals surface area contributed by atoms with E-state index in [1.807, 2.05) is 24.3 Å². The van der Waals surface area contributed by atoms with E-state index in [0.29, 0.717) is 50.4 Å². The van der Waals surface area contributed by atoms with Crippen LogP contribution in [-0.2, 0) is 9.53 Å². The molecule has 3 rings (SSSR count). The van der Waals surface area contributed by atoms with Crippen molar-refractivity contribution in [3.05, 3.63) is 24.3 Å². The van der Waals surface area contributed by atoms with Crippen molar-refractivity contribution in [3.8, 4) is 5.75 Å². The van der Waals surface area contributed by atoms with Gasteiger partial charge in [0.25, 0.3) is 0 Å². The molecule has 2 fully saturated rings. The fraction of sp³-hybridized carbons (Fsp3) is 0.704. The first-order chi connectivity index (χ1) is 16.1. The summed E-state index contributed by atoms with van der Waals surface area (Å²) in [6, 6.07) is 7.78. The summed E-state index contributed by atoms with van der Waals surface area (Å²) in [5, 5.41) is 3.02. The van der Waals surface area contributed by atoms with Crippen LogP contribution in [0.1, 0.15) is 60.8 Å². The van der Waals surface area contributed by atoms with Crippen LogP contribution in [0.15, 0.2) is 24.3 Å². The Kier molecular flexibility index (Phi) is 8.37. The minimum absolute atomic E-state index is 0.0354. The predicted molar refractivity (Wildman–Crippen MR) is 135 cm³/mol. The van der Waals surface area contributed by atoms with E-state index in [-0.39, 0.29) is 24.0 Å². The lowest BCUT2D eigenvalue weighted by atomic mass is 9.79. The molecule has 2 heterocycles. The number of benzene rings is 1. The first-order valence-corrected chi connectivity index (χ1v) is 12.7. The molecule has 1 aromatic carbocycles. The molecule has 2 atom stereocenters. The number of carbonyl (C=O) groups excluding carboxylic acids is 2. The van der Waals surface area contributed by atoms with Gasteiger partial charge in [0.2, 0.25) is 5.91 Å². The van der Waals surface area contributed by atoms with Crippen LogP contribution in [-0.4, -0.2) is 55.4 Å². The van der Waals surface area contributed by atoms with Gasteiger partial charge in [-0.2, -0.15) is 0 Å². The number of carbonyl (C=O) groups is 2. The summed E-state index contributed by atoms with van der Waals surface area (Å²) in [7, 11) is 1.64.